The molecule has 0 atom stereocenters. The van der Waals surface area contributed by atoms with Crippen molar-refractivity contribution in [2.24, 2.45) is 0 Å². The number of nitrogens with two attached hydrogens (primary N) is 1. The van der Waals surface area contributed by atoms with Gasteiger partial charge in [-0.15, -0.1) is 11.3 Å². The monoisotopic (exact) mass is 324 g/mol. The van der Waals surface area contributed by atoms with E-state index in [1.807, 2.05) is 17.0 Å². The van der Waals surface area contributed by atoms with Gasteiger partial charge in [0.1, 0.15) is 4.88 Å². The summed E-state index contributed by atoms with van der Waals surface area (Å²) in [5.74, 6) is -0.000630. The summed E-state index contributed by atoms with van der Waals surface area (Å²) in [4.78, 5) is 15.1. The van der Waals surface area contributed by atoms with E-state index in [2.05, 4.69) is 0 Å². The van der Waals surface area contributed by atoms with Crippen LogP contribution in [-0.2, 0) is 4.74 Å². The Labute approximate surface area is 132 Å². The van der Waals surface area contributed by atoms with Crippen LogP contribution in [0.4, 0.5) is 5.69 Å². The number of nitrogens with zero attached hydrogens (tertiary/aromatic N) is 1. The molecule has 1 amide bonds. The van der Waals surface area contributed by atoms with Crippen LogP contribution >= 0.6 is 22.9 Å². The van der Waals surface area contributed by atoms with Gasteiger partial charge in [-0.1, -0.05) is 17.7 Å². The second-order valence-electron chi connectivity index (χ2n) is 5.19. The van der Waals surface area contributed by atoms with Crippen molar-refractivity contribution in [3.05, 3.63) is 28.1 Å². The molecule has 6 heteroatoms. The minimum Gasteiger partial charge on any atom is -0.397 e. The van der Waals surface area contributed by atoms with Crippen molar-refractivity contribution in [3.63, 3.8) is 0 Å². The SMILES string of the molecule is COC1CCN(C(=O)c2sc3cccc(Cl)c3c2N)CC1. The Kier molecular flexibility index (Phi) is 4.06. The van der Waals surface area contributed by atoms with Crippen LogP contribution in [0.1, 0.15) is 22.5 Å². The lowest BCUT2D eigenvalue weighted by molar-refractivity contribution is 0.0354. The van der Waals surface area contributed by atoms with E-state index in [0.29, 0.717) is 28.7 Å². The number of carbonyl (C=O) groups excluding carboxylic acids is 1. The van der Waals surface area contributed by atoms with Gasteiger partial charge in [0, 0.05) is 30.3 Å². The van der Waals surface area contributed by atoms with Crippen molar-refractivity contribution < 1.29 is 9.53 Å². The third-order valence-electron chi connectivity index (χ3n) is 3.96. The molecule has 0 radical (unpaired) electrons. The summed E-state index contributed by atoms with van der Waals surface area (Å²) in [6, 6.07) is 5.61. The molecular formula is C15H17ClN2O2S. The molecule has 21 heavy (non-hydrogen) atoms. The molecule has 1 fully saturated rings. The second kappa shape index (κ2) is 5.83. The molecule has 0 saturated carbocycles. The van der Waals surface area contributed by atoms with E-state index in [-0.39, 0.29) is 12.0 Å². The number of carbonyl (C=O) groups is 1. The first kappa shape index (κ1) is 14.6. The Bertz CT molecular complexity index is 678. The minimum atomic E-state index is -0.000630. The quantitative estimate of drug-likeness (QED) is 0.921. The molecule has 0 spiro atoms. The molecule has 0 unspecified atom stereocenters. The molecule has 112 valence electrons. The molecule has 1 aromatic heterocycles. The molecule has 2 heterocycles. The van der Waals surface area contributed by atoms with Gasteiger partial charge in [0.2, 0.25) is 0 Å². The number of rotatable bonds is 2. The summed E-state index contributed by atoms with van der Waals surface area (Å²) in [5, 5.41) is 1.39. The van der Waals surface area contributed by atoms with Crippen LogP contribution in [0, 0.1) is 0 Å². The molecule has 1 aromatic carbocycles. The lowest BCUT2D eigenvalue weighted by atomic mass is 10.1. The molecule has 0 bridgehead atoms. The van der Waals surface area contributed by atoms with E-state index < -0.39 is 0 Å². The number of piperidine rings is 1. The number of fused-ring (bicyclic) bond motifs is 1. The Morgan fingerprint density at radius 2 is 2.14 bits per heavy atom. The minimum absolute atomic E-state index is 0.000630. The van der Waals surface area contributed by atoms with Gasteiger partial charge in [-0.05, 0) is 25.0 Å². The zero-order valence-corrected chi connectivity index (χ0v) is 13.3. The summed E-state index contributed by atoms with van der Waals surface area (Å²) in [6.07, 6.45) is 1.99. The summed E-state index contributed by atoms with van der Waals surface area (Å²) >= 11 is 7.60. The number of amides is 1. The topological polar surface area (TPSA) is 55.6 Å². The summed E-state index contributed by atoms with van der Waals surface area (Å²) in [7, 11) is 1.72. The lowest BCUT2D eigenvalue weighted by Gasteiger charge is -2.31. The molecule has 4 nitrogen and oxygen atoms in total. The number of ether oxygens (including phenoxy) is 1. The number of hydrogen-bond acceptors (Lipinski definition) is 4. The fourth-order valence-electron chi connectivity index (χ4n) is 2.73. The van der Waals surface area contributed by atoms with Gasteiger partial charge < -0.3 is 15.4 Å². The number of benzene rings is 1. The zero-order valence-electron chi connectivity index (χ0n) is 11.8. The maximum Gasteiger partial charge on any atom is 0.266 e. The summed E-state index contributed by atoms with van der Waals surface area (Å²) in [6.45, 7) is 1.41. The Morgan fingerprint density at radius 1 is 1.43 bits per heavy atom. The van der Waals surface area contributed by atoms with Gasteiger partial charge in [0.15, 0.2) is 0 Å². The normalized spacial score (nSPS) is 16.6. The smallest absolute Gasteiger partial charge is 0.266 e. The van der Waals surface area contributed by atoms with Crippen LogP contribution in [0.3, 0.4) is 0 Å². The first-order chi connectivity index (χ1) is 10.1. The van der Waals surface area contributed by atoms with E-state index in [9.17, 15) is 4.79 Å². The predicted octanol–water partition coefficient (Wildman–Crippen LogP) is 3.39. The Hall–Kier alpha value is -1.30. The summed E-state index contributed by atoms with van der Waals surface area (Å²) < 4.78 is 6.29. The highest BCUT2D eigenvalue weighted by Crippen LogP contribution is 2.38. The number of halogens is 1. The molecule has 3 rings (SSSR count). The number of methoxy groups -OCH3 is 1. The van der Waals surface area contributed by atoms with Crippen LogP contribution in [0.2, 0.25) is 5.02 Å². The van der Waals surface area contributed by atoms with Gasteiger partial charge >= 0.3 is 0 Å². The highest BCUT2D eigenvalue weighted by Gasteiger charge is 2.27. The third-order valence-corrected chi connectivity index (χ3v) is 5.43. The third kappa shape index (κ3) is 2.61. The maximum atomic E-state index is 12.7. The average Bonchev–Trinajstić information content (AvgIpc) is 2.85. The Balaban J connectivity index is 1.89. The van der Waals surface area contributed by atoms with Crippen molar-refractivity contribution in [1.29, 1.82) is 0 Å². The van der Waals surface area contributed by atoms with Crippen LogP contribution in [-0.4, -0.2) is 37.1 Å². The van der Waals surface area contributed by atoms with Gasteiger partial charge in [-0.2, -0.15) is 0 Å². The summed E-state index contributed by atoms with van der Waals surface area (Å²) in [5.41, 5.74) is 6.65. The van der Waals surface area contributed by atoms with Crippen molar-refractivity contribution in [2.75, 3.05) is 25.9 Å². The first-order valence-electron chi connectivity index (χ1n) is 6.90. The van der Waals surface area contributed by atoms with E-state index in [1.165, 1.54) is 11.3 Å². The maximum absolute atomic E-state index is 12.7. The molecule has 0 aliphatic carbocycles. The standard InChI is InChI=1S/C15H17ClN2O2S/c1-20-9-5-7-18(8-6-9)15(19)14-13(17)12-10(16)3-2-4-11(12)21-14/h2-4,9H,5-8,17H2,1H3. The second-order valence-corrected chi connectivity index (χ2v) is 6.64. The largest absolute Gasteiger partial charge is 0.397 e. The number of anilines is 1. The lowest BCUT2D eigenvalue weighted by Crippen LogP contribution is -2.40. The molecule has 1 aliphatic heterocycles. The predicted molar refractivity (Wildman–Crippen MR) is 87.2 cm³/mol. The van der Waals surface area contributed by atoms with Crippen molar-refractivity contribution in [1.82, 2.24) is 4.90 Å². The highest BCUT2D eigenvalue weighted by molar-refractivity contribution is 7.21. The molecule has 1 aliphatic rings. The highest BCUT2D eigenvalue weighted by atomic mass is 35.5. The fraction of sp³-hybridized carbons (Fsp3) is 0.400. The number of likely N-dealkylation sites (tertiary alicyclic amines) is 1. The van der Waals surface area contributed by atoms with Gasteiger partial charge in [0.05, 0.1) is 16.8 Å². The van der Waals surface area contributed by atoms with E-state index >= 15 is 0 Å². The first-order valence-corrected chi connectivity index (χ1v) is 8.10. The average molecular weight is 325 g/mol. The number of hydrogen-bond donors (Lipinski definition) is 1. The van der Waals surface area contributed by atoms with Gasteiger partial charge in [-0.3, -0.25) is 4.79 Å². The van der Waals surface area contributed by atoms with Gasteiger partial charge in [0.25, 0.3) is 5.91 Å². The van der Waals surface area contributed by atoms with E-state index in [0.717, 1.165) is 22.9 Å². The van der Waals surface area contributed by atoms with E-state index in [1.54, 1.807) is 13.2 Å². The van der Waals surface area contributed by atoms with Crippen LogP contribution in [0.5, 0.6) is 0 Å². The van der Waals surface area contributed by atoms with Crippen molar-refractivity contribution in [2.45, 2.75) is 18.9 Å². The van der Waals surface area contributed by atoms with Gasteiger partial charge in [-0.25, -0.2) is 0 Å². The van der Waals surface area contributed by atoms with Crippen molar-refractivity contribution >= 4 is 44.6 Å². The van der Waals surface area contributed by atoms with Crippen molar-refractivity contribution in [3.8, 4) is 0 Å². The van der Waals surface area contributed by atoms with Crippen LogP contribution in [0.25, 0.3) is 10.1 Å². The molecular weight excluding hydrogens is 308 g/mol. The molecule has 1 saturated heterocycles. The molecule has 2 N–H and O–H groups in total. The fourth-order valence-corrected chi connectivity index (χ4v) is 4.18. The zero-order chi connectivity index (χ0) is 15.0. The van der Waals surface area contributed by atoms with Crippen LogP contribution < -0.4 is 5.73 Å². The number of nitrogen functional groups attached to an aromatic ring is 1. The van der Waals surface area contributed by atoms with Crippen LogP contribution in [0.15, 0.2) is 18.2 Å². The Morgan fingerprint density at radius 3 is 2.76 bits per heavy atom. The number of thiophene rings is 1. The van der Waals surface area contributed by atoms with E-state index in [4.69, 9.17) is 22.1 Å². The molecule has 2 aromatic rings.